The van der Waals surface area contributed by atoms with Gasteiger partial charge in [0.15, 0.2) is 0 Å². The SMILES string of the molecule is CCOC(=O)c1ccc(N2CCCN(C(=O)CNC(=O)NCc3ccc(F)cc3)CC2)nc1. The van der Waals surface area contributed by atoms with Crippen LogP contribution in [-0.4, -0.2) is 67.1 Å². The molecule has 3 rings (SSSR count). The van der Waals surface area contributed by atoms with Crippen LogP contribution in [0.2, 0.25) is 0 Å². The van der Waals surface area contributed by atoms with Crippen molar-refractivity contribution in [3.8, 4) is 0 Å². The van der Waals surface area contributed by atoms with Crippen LogP contribution in [0.1, 0.15) is 29.3 Å². The van der Waals surface area contributed by atoms with E-state index in [0.717, 1.165) is 24.3 Å². The third kappa shape index (κ3) is 7.16. The fourth-order valence-corrected chi connectivity index (χ4v) is 3.42. The van der Waals surface area contributed by atoms with Crippen LogP contribution in [0.4, 0.5) is 15.0 Å². The van der Waals surface area contributed by atoms with Crippen LogP contribution >= 0.6 is 0 Å². The van der Waals surface area contributed by atoms with Crippen LogP contribution in [0, 0.1) is 5.82 Å². The highest BCUT2D eigenvalue weighted by molar-refractivity contribution is 5.89. The van der Waals surface area contributed by atoms with E-state index in [2.05, 4.69) is 20.5 Å². The zero-order chi connectivity index (χ0) is 23.6. The lowest BCUT2D eigenvalue weighted by molar-refractivity contribution is -0.129. The highest BCUT2D eigenvalue weighted by Crippen LogP contribution is 2.15. The predicted molar refractivity (Wildman–Crippen MR) is 120 cm³/mol. The molecule has 9 nitrogen and oxygen atoms in total. The van der Waals surface area contributed by atoms with Gasteiger partial charge in [0.05, 0.1) is 18.7 Å². The molecule has 33 heavy (non-hydrogen) atoms. The van der Waals surface area contributed by atoms with Crippen LogP contribution < -0.4 is 15.5 Å². The maximum absolute atomic E-state index is 12.9. The van der Waals surface area contributed by atoms with Gasteiger partial charge in [0.2, 0.25) is 5.91 Å². The Hall–Kier alpha value is -3.69. The summed E-state index contributed by atoms with van der Waals surface area (Å²) < 4.78 is 17.9. The predicted octanol–water partition coefficient (Wildman–Crippen LogP) is 1.94. The van der Waals surface area contributed by atoms with Gasteiger partial charge in [-0.15, -0.1) is 0 Å². The molecule has 0 atom stereocenters. The second-order valence-corrected chi connectivity index (χ2v) is 7.51. The maximum atomic E-state index is 12.9. The number of hydrogen-bond donors (Lipinski definition) is 2. The molecule has 1 saturated heterocycles. The lowest BCUT2D eigenvalue weighted by atomic mass is 10.2. The van der Waals surface area contributed by atoms with E-state index in [4.69, 9.17) is 4.74 Å². The standard InChI is InChI=1S/C23H28FN5O4/c1-2-33-22(31)18-6-9-20(25-15-18)28-10-3-11-29(13-12-28)21(30)16-27-23(32)26-14-17-4-7-19(24)8-5-17/h4-9,15H,2-3,10-14,16H2,1H3,(H2,26,27,32). The van der Waals surface area contributed by atoms with Crippen molar-refractivity contribution in [3.05, 3.63) is 59.5 Å². The van der Waals surface area contributed by atoms with Gasteiger partial charge in [0, 0.05) is 38.9 Å². The average molecular weight is 458 g/mol. The van der Waals surface area contributed by atoms with E-state index >= 15 is 0 Å². The number of amides is 3. The molecule has 176 valence electrons. The summed E-state index contributed by atoms with van der Waals surface area (Å²) in [5, 5.41) is 5.21. The van der Waals surface area contributed by atoms with Crippen molar-refractivity contribution < 1.29 is 23.5 Å². The zero-order valence-corrected chi connectivity index (χ0v) is 18.6. The fourth-order valence-electron chi connectivity index (χ4n) is 3.42. The molecule has 2 aromatic rings. The molecule has 1 aliphatic heterocycles. The van der Waals surface area contributed by atoms with Gasteiger partial charge in [-0.2, -0.15) is 0 Å². The Morgan fingerprint density at radius 1 is 1.03 bits per heavy atom. The van der Waals surface area contributed by atoms with Crippen LogP contribution in [0.3, 0.4) is 0 Å². The first-order valence-electron chi connectivity index (χ1n) is 10.9. The van der Waals surface area contributed by atoms with Gasteiger partial charge in [0.1, 0.15) is 11.6 Å². The Kier molecular flexibility index (Phi) is 8.56. The quantitative estimate of drug-likeness (QED) is 0.616. The number of carbonyl (C=O) groups excluding carboxylic acids is 3. The summed E-state index contributed by atoms with van der Waals surface area (Å²) in [6.45, 7) is 4.58. The van der Waals surface area contributed by atoms with Crippen molar-refractivity contribution in [2.24, 2.45) is 0 Å². The Bertz CT molecular complexity index is 952. The van der Waals surface area contributed by atoms with Crippen LogP contribution in [0.5, 0.6) is 0 Å². The van der Waals surface area contributed by atoms with Gasteiger partial charge in [-0.25, -0.2) is 19.0 Å². The molecular formula is C23H28FN5O4. The van der Waals surface area contributed by atoms with E-state index in [1.165, 1.54) is 18.3 Å². The number of rotatable bonds is 7. The van der Waals surface area contributed by atoms with E-state index in [1.54, 1.807) is 36.1 Å². The molecule has 0 spiro atoms. The summed E-state index contributed by atoms with van der Waals surface area (Å²) in [6.07, 6.45) is 2.25. The minimum absolute atomic E-state index is 0.109. The number of nitrogens with one attached hydrogen (secondary N) is 2. The highest BCUT2D eigenvalue weighted by Gasteiger charge is 2.20. The lowest BCUT2D eigenvalue weighted by Crippen LogP contribution is -2.44. The second kappa shape index (κ2) is 11.8. The van der Waals surface area contributed by atoms with Crippen LogP contribution in [0.15, 0.2) is 42.6 Å². The maximum Gasteiger partial charge on any atom is 0.339 e. The number of urea groups is 1. The van der Waals surface area contributed by atoms with Crippen LogP contribution in [0.25, 0.3) is 0 Å². The topological polar surface area (TPSA) is 104 Å². The Labute approximate surface area is 191 Å². The monoisotopic (exact) mass is 457 g/mol. The van der Waals surface area contributed by atoms with E-state index in [-0.39, 0.29) is 24.8 Å². The molecule has 1 aliphatic rings. The summed E-state index contributed by atoms with van der Waals surface area (Å²) in [4.78, 5) is 44.4. The molecule has 0 aliphatic carbocycles. The van der Waals surface area contributed by atoms with Gasteiger partial charge in [-0.3, -0.25) is 4.79 Å². The molecule has 10 heteroatoms. The number of aromatic nitrogens is 1. The van der Waals surface area contributed by atoms with E-state index in [0.29, 0.717) is 31.8 Å². The fraction of sp³-hybridized carbons (Fsp3) is 0.391. The largest absolute Gasteiger partial charge is 0.462 e. The Morgan fingerprint density at radius 2 is 1.82 bits per heavy atom. The molecule has 1 fully saturated rings. The number of hydrogen-bond acceptors (Lipinski definition) is 6. The van der Waals surface area contributed by atoms with Gasteiger partial charge < -0.3 is 25.2 Å². The summed E-state index contributed by atoms with van der Waals surface area (Å²) in [5.41, 5.74) is 1.16. The number of esters is 1. The molecular weight excluding hydrogens is 429 g/mol. The summed E-state index contributed by atoms with van der Waals surface area (Å²) in [5.74, 6) is -0.178. The number of nitrogens with zero attached hydrogens (tertiary/aromatic N) is 3. The molecule has 0 unspecified atom stereocenters. The number of halogens is 1. The number of ether oxygens (including phenoxy) is 1. The van der Waals surface area contributed by atoms with Crippen molar-refractivity contribution in [2.75, 3.05) is 44.2 Å². The first-order valence-corrected chi connectivity index (χ1v) is 10.9. The van der Waals surface area contributed by atoms with Crippen molar-refractivity contribution in [3.63, 3.8) is 0 Å². The van der Waals surface area contributed by atoms with Gasteiger partial charge in [0.25, 0.3) is 0 Å². The number of anilines is 1. The zero-order valence-electron chi connectivity index (χ0n) is 18.6. The second-order valence-electron chi connectivity index (χ2n) is 7.51. The molecule has 0 saturated carbocycles. The lowest BCUT2D eigenvalue weighted by Gasteiger charge is -2.23. The van der Waals surface area contributed by atoms with Crippen molar-refractivity contribution >= 4 is 23.7 Å². The van der Waals surface area contributed by atoms with Crippen molar-refractivity contribution in [1.29, 1.82) is 0 Å². The Morgan fingerprint density at radius 3 is 2.52 bits per heavy atom. The minimum atomic E-state index is -0.463. The van der Waals surface area contributed by atoms with Gasteiger partial charge >= 0.3 is 12.0 Å². The van der Waals surface area contributed by atoms with Crippen LogP contribution in [-0.2, 0) is 16.1 Å². The number of benzene rings is 1. The summed E-state index contributed by atoms with van der Waals surface area (Å²) >= 11 is 0. The van der Waals surface area contributed by atoms with Crippen molar-refractivity contribution in [2.45, 2.75) is 19.9 Å². The number of pyridine rings is 1. The van der Waals surface area contributed by atoms with E-state index in [1.807, 2.05) is 0 Å². The number of carbonyl (C=O) groups is 3. The molecule has 1 aromatic carbocycles. The molecule has 1 aromatic heterocycles. The highest BCUT2D eigenvalue weighted by atomic mass is 19.1. The summed E-state index contributed by atoms with van der Waals surface area (Å²) in [7, 11) is 0. The Balaban J connectivity index is 1.43. The average Bonchev–Trinajstić information content (AvgIpc) is 3.09. The van der Waals surface area contributed by atoms with Gasteiger partial charge in [-0.1, -0.05) is 12.1 Å². The molecule has 2 N–H and O–H groups in total. The minimum Gasteiger partial charge on any atom is -0.462 e. The molecule has 0 bridgehead atoms. The third-order valence-electron chi connectivity index (χ3n) is 5.20. The molecule has 3 amide bonds. The normalized spacial score (nSPS) is 13.8. The van der Waals surface area contributed by atoms with Crippen molar-refractivity contribution in [1.82, 2.24) is 20.5 Å². The third-order valence-corrected chi connectivity index (χ3v) is 5.20. The smallest absolute Gasteiger partial charge is 0.339 e. The first kappa shape index (κ1) is 24.0. The van der Waals surface area contributed by atoms with E-state index < -0.39 is 12.0 Å². The first-order chi connectivity index (χ1) is 16.0. The molecule has 2 heterocycles. The molecule has 0 radical (unpaired) electrons. The summed E-state index contributed by atoms with van der Waals surface area (Å²) in [6, 6.07) is 8.82. The van der Waals surface area contributed by atoms with E-state index in [9.17, 15) is 18.8 Å². The van der Waals surface area contributed by atoms with Gasteiger partial charge in [-0.05, 0) is 43.2 Å².